The van der Waals surface area contributed by atoms with Gasteiger partial charge in [0.2, 0.25) is 0 Å². The van der Waals surface area contributed by atoms with Gasteiger partial charge >= 0.3 is 6.18 Å². The van der Waals surface area contributed by atoms with Crippen LogP contribution in [-0.4, -0.2) is 31.1 Å². The van der Waals surface area contributed by atoms with Crippen molar-refractivity contribution in [2.75, 3.05) is 19.8 Å². The molecule has 0 aliphatic rings. The van der Waals surface area contributed by atoms with Crippen molar-refractivity contribution in [3.8, 4) is 11.5 Å². The zero-order valence-corrected chi connectivity index (χ0v) is 16.4. The SMILES string of the molecule is CC(CO)COc1ccc(C(C)(C)c2ccc(OCCC(F)(F)F)cc2)cc1. The van der Waals surface area contributed by atoms with Crippen LogP contribution in [0, 0.1) is 5.92 Å². The molecule has 0 amide bonds. The molecule has 0 spiro atoms. The second kappa shape index (κ2) is 9.32. The van der Waals surface area contributed by atoms with Gasteiger partial charge in [-0.3, -0.25) is 0 Å². The third-order valence-electron chi connectivity index (χ3n) is 4.65. The van der Waals surface area contributed by atoms with Crippen LogP contribution < -0.4 is 9.47 Å². The fraction of sp³-hybridized carbons (Fsp3) is 0.455. The Morgan fingerprint density at radius 1 is 0.857 bits per heavy atom. The molecule has 0 fully saturated rings. The smallest absolute Gasteiger partial charge is 0.392 e. The molecule has 0 radical (unpaired) electrons. The average Bonchev–Trinajstić information content (AvgIpc) is 2.66. The molecule has 2 aromatic rings. The van der Waals surface area contributed by atoms with Crippen molar-refractivity contribution in [1.82, 2.24) is 0 Å². The van der Waals surface area contributed by atoms with Crippen LogP contribution in [0.2, 0.25) is 0 Å². The van der Waals surface area contributed by atoms with Gasteiger partial charge in [-0.05, 0) is 35.4 Å². The molecule has 2 rings (SSSR count). The Morgan fingerprint density at radius 3 is 1.75 bits per heavy atom. The van der Waals surface area contributed by atoms with E-state index in [1.165, 1.54) is 0 Å². The summed E-state index contributed by atoms with van der Waals surface area (Å²) in [5.74, 6) is 1.24. The first-order valence-corrected chi connectivity index (χ1v) is 9.26. The first-order valence-electron chi connectivity index (χ1n) is 9.26. The summed E-state index contributed by atoms with van der Waals surface area (Å²) in [7, 11) is 0. The van der Waals surface area contributed by atoms with Gasteiger partial charge in [0, 0.05) is 17.9 Å². The molecule has 6 heteroatoms. The Balaban J connectivity index is 2.01. The van der Waals surface area contributed by atoms with Crippen molar-refractivity contribution >= 4 is 0 Å². The molecule has 1 atom stereocenters. The second-order valence-corrected chi connectivity index (χ2v) is 7.49. The van der Waals surface area contributed by atoms with E-state index < -0.39 is 12.6 Å². The Morgan fingerprint density at radius 2 is 1.32 bits per heavy atom. The number of alkyl halides is 3. The fourth-order valence-corrected chi connectivity index (χ4v) is 2.68. The Bertz CT molecular complexity index is 722. The number of aliphatic hydroxyl groups excluding tert-OH is 1. The van der Waals surface area contributed by atoms with Gasteiger partial charge in [-0.2, -0.15) is 13.2 Å². The van der Waals surface area contributed by atoms with Gasteiger partial charge in [0.05, 0.1) is 19.6 Å². The summed E-state index contributed by atoms with van der Waals surface area (Å²) in [4.78, 5) is 0. The molecule has 1 unspecified atom stereocenters. The Hall–Kier alpha value is -2.21. The molecule has 154 valence electrons. The predicted molar refractivity (Wildman–Crippen MR) is 103 cm³/mol. The summed E-state index contributed by atoms with van der Waals surface area (Å²) < 4.78 is 47.4. The van der Waals surface area contributed by atoms with Crippen LogP contribution in [0.3, 0.4) is 0 Å². The number of benzene rings is 2. The second-order valence-electron chi connectivity index (χ2n) is 7.49. The van der Waals surface area contributed by atoms with Crippen molar-refractivity contribution in [3.63, 3.8) is 0 Å². The maximum atomic E-state index is 12.2. The first kappa shape index (κ1) is 22.1. The summed E-state index contributed by atoms with van der Waals surface area (Å²) in [5.41, 5.74) is 1.82. The van der Waals surface area contributed by atoms with E-state index in [2.05, 4.69) is 13.8 Å². The third-order valence-corrected chi connectivity index (χ3v) is 4.65. The van der Waals surface area contributed by atoms with E-state index in [-0.39, 0.29) is 24.5 Å². The standard InChI is InChI=1S/C22H27F3O3/c1-16(14-26)15-28-20-10-6-18(7-11-20)21(2,3)17-4-8-19(9-5-17)27-13-12-22(23,24)25/h4-11,16,26H,12-15H2,1-3H3. The summed E-state index contributed by atoms with van der Waals surface area (Å²) in [6, 6.07) is 14.9. The van der Waals surface area contributed by atoms with Crippen LogP contribution in [-0.2, 0) is 5.41 Å². The van der Waals surface area contributed by atoms with Crippen LogP contribution >= 0.6 is 0 Å². The maximum Gasteiger partial charge on any atom is 0.392 e. The van der Waals surface area contributed by atoms with Crippen LogP contribution in [0.25, 0.3) is 0 Å². The zero-order valence-electron chi connectivity index (χ0n) is 16.4. The van der Waals surface area contributed by atoms with Gasteiger partial charge in [-0.25, -0.2) is 0 Å². The number of ether oxygens (including phenoxy) is 2. The van der Waals surface area contributed by atoms with Crippen LogP contribution in [0.15, 0.2) is 48.5 Å². The molecule has 28 heavy (non-hydrogen) atoms. The van der Waals surface area contributed by atoms with Crippen LogP contribution in [0.4, 0.5) is 13.2 Å². The van der Waals surface area contributed by atoms with E-state index in [4.69, 9.17) is 14.6 Å². The number of rotatable bonds is 9. The highest BCUT2D eigenvalue weighted by Crippen LogP contribution is 2.33. The highest BCUT2D eigenvalue weighted by atomic mass is 19.4. The normalized spacial score (nSPS) is 13.2. The van der Waals surface area contributed by atoms with E-state index in [1.807, 2.05) is 43.3 Å². The number of aliphatic hydroxyl groups is 1. The molecule has 3 nitrogen and oxygen atoms in total. The van der Waals surface area contributed by atoms with E-state index in [0.717, 1.165) is 16.9 Å². The predicted octanol–water partition coefficient (Wildman–Crippen LogP) is 5.35. The highest BCUT2D eigenvalue weighted by molar-refractivity contribution is 5.41. The van der Waals surface area contributed by atoms with Crippen molar-refractivity contribution in [2.45, 2.75) is 38.8 Å². The summed E-state index contributed by atoms with van der Waals surface area (Å²) in [6.45, 7) is 6.22. The van der Waals surface area contributed by atoms with Gasteiger partial charge in [-0.15, -0.1) is 0 Å². The quantitative estimate of drug-likeness (QED) is 0.621. The summed E-state index contributed by atoms with van der Waals surface area (Å²) in [6.07, 6.45) is -5.18. The topological polar surface area (TPSA) is 38.7 Å². The monoisotopic (exact) mass is 396 g/mol. The summed E-state index contributed by atoms with van der Waals surface area (Å²) in [5, 5.41) is 9.05. The highest BCUT2D eigenvalue weighted by Gasteiger charge is 2.27. The molecular weight excluding hydrogens is 369 g/mol. The Kier molecular flexibility index (Phi) is 7.35. The fourth-order valence-electron chi connectivity index (χ4n) is 2.68. The lowest BCUT2D eigenvalue weighted by Crippen LogP contribution is -2.19. The van der Waals surface area contributed by atoms with Crippen molar-refractivity contribution in [1.29, 1.82) is 0 Å². The third kappa shape index (κ3) is 6.44. The molecule has 2 aromatic carbocycles. The molecule has 0 bridgehead atoms. The van der Waals surface area contributed by atoms with Gasteiger partial charge in [0.15, 0.2) is 0 Å². The Labute approximate surface area is 164 Å². The van der Waals surface area contributed by atoms with E-state index in [1.54, 1.807) is 12.1 Å². The molecular formula is C22H27F3O3. The minimum absolute atomic E-state index is 0.0768. The lowest BCUT2D eigenvalue weighted by Gasteiger charge is -2.26. The average molecular weight is 396 g/mol. The number of hydrogen-bond acceptors (Lipinski definition) is 3. The molecule has 1 N–H and O–H groups in total. The van der Waals surface area contributed by atoms with Gasteiger partial charge < -0.3 is 14.6 Å². The minimum atomic E-state index is -4.21. The van der Waals surface area contributed by atoms with E-state index in [9.17, 15) is 13.2 Å². The van der Waals surface area contributed by atoms with Gasteiger partial charge in [0.1, 0.15) is 11.5 Å². The maximum absolute atomic E-state index is 12.2. The molecule has 0 aromatic heterocycles. The van der Waals surface area contributed by atoms with Gasteiger partial charge in [0.25, 0.3) is 0 Å². The van der Waals surface area contributed by atoms with Crippen molar-refractivity contribution in [2.24, 2.45) is 5.92 Å². The minimum Gasteiger partial charge on any atom is -0.493 e. The zero-order chi connectivity index (χ0) is 20.8. The molecule has 0 aliphatic carbocycles. The molecule has 0 heterocycles. The largest absolute Gasteiger partial charge is 0.493 e. The van der Waals surface area contributed by atoms with Crippen molar-refractivity contribution < 1.29 is 27.8 Å². The summed E-state index contributed by atoms with van der Waals surface area (Å²) >= 11 is 0. The van der Waals surface area contributed by atoms with E-state index >= 15 is 0 Å². The van der Waals surface area contributed by atoms with Crippen LogP contribution in [0.5, 0.6) is 11.5 Å². The lowest BCUT2D eigenvalue weighted by atomic mass is 9.78. The molecule has 0 saturated heterocycles. The van der Waals surface area contributed by atoms with Crippen LogP contribution in [0.1, 0.15) is 38.3 Å². The lowest BCUT2D eigenvalue weighted by molar-refractivity contribution is -0.139. The first-order chi connectivity index (χ1) is 13.1. The van der Waals surface area contributed by atoms with Gasteiger partial charge in [-0.1, -0.05) is 45.0 Å². The van der Waals surface area contributed by atoms with E-state index in [0.29, 0.717) is 12.4 Å². The molecule has 0 aliphatic heterocycles. The number of halogens is 3. The van der Waals surface area contributed by atoms with Crippen molar-refractivity contribution in [3.05, 3.63) is 59.7 Å². The number of hydrogen-bond donors (Lipinski definition) is 1. The molecule has 0 saturated carbocycles.